The number of carbonyl (C=O) groups is 1. The Bertz CT molecular complexity index is 1340. The maximum Gasteiger partial charge on any atom is 0.417 e. The van der Waals surface area contributed by atoms with E-state index < -0.39 is 17.7 Å². The first kappa shape index (κ1) is 25.7. The van der Waals surface area contributed by atoms with Gasteiger partial charge in [0.25, 0.3) is 0 Å². The van der Waals surface area contributed by atoms with Crippen molar-refractivity contribution in [2.45, 2.75) is 29.6 Å². The molecule has 0 fully saturated rings. The molecule has 2 aromatic heterocycles. The number of imidazole rings is 1. The van der Waals surface area contributed by atoms with Crippen molar-refractivity contribution in [2.75, 3.05) is 26.9 Å². The maximum atomic E-state index is 14.1. The Hall–Kier alpha value is -3.35. The van der Waals surface area contributed by atoms with E-state index in [2.05, 4.69) is 10.1 Å². The lowest BCUT2D eigenvalue weighted by Gasteiger charge is -2.14. The molecule has 12 heteroatoms. The third-order valence-corrected chi connectivity index (χ3v) is 6.12. The van der Waals surface area contributed by atoms with Crippen LogP contribution in [-0.4, -0.2) is 52.2 Å². The molecule has 0 aliphatic heterocycles. The average molecular weight is 521 g/mol. The number of nitrogens with zero attached hydrogens (tertiary/aromatic N) is 4. The van der Waals surface area contributed by atoms with Gasteiger partial charge in [0, 0.05) is 23.1 Å². The molecule has 4 rings (SSSR count). The van der Waals surface area contributed by atoms with Crippen molar-refractivity contribution >= 4 is 28.8 Å². The van der Waals surface area contributed by atoms with Gasteiger partial charge >= 0.3 is 12.1 Å². The zero-order valence-electron chi connectivity index (χ0n) is 19.5. The van der Waals surface area contributed by atoms with Crippen LogP contribution in [0.2, 0.25) is 0 Å². The van der Waals surface area contributed by atoms with Gasteiger partial charge in [-0.3, -0.25) is 4.57 Å². The van der Waals surface area contributed by atoms with E-state index in [1.807, 2.05) is 0 Å². The number of hydrogen-bond acceptors (Lipinski definition) is 7. The first-order chi connectivity index (χ1) is 17.3. The molecule has 4 aromatic rings. The Morgan fingerprint density at radius 1 is 1.14 bits per heavy atom. The predicted octanol–water partition coefficient (Wildman–Crippen LogP) is 5.19. The molecule has 8 nitrogen and oxygen atoms in total. The quantitative estimate of drug-likeness (QED) is 0.210. The van der Waals surface area contributed by atoms with Crippen LogP contribution in [0.1, 0.15) is 22.8 Å². The van der Waals surface area contributed by atoms with Crippen molar-refractivity contribution in [1.29, 1.82) is 0 Å². The molecule has 0 N–H and O–H groups in total. The van der Waals surface area contributed by atoms with Crippen LogP contribution in [0.15, 0.2) is 64.6 Å². The Balaban J connectivity index is 1.83. The summed E-state index contributed by atoms with van der Waals surface area (Å²) in [6.45, 7) is 2.30. The molecule has 0 aliphatic rings. The lowest BCUT2D eigenvalue weighted by molar-refractivity contribution is -0.139. The van der Waals surface area contributed by atoms with Gasteiger partial charge in [-0.15, -0.1) is 0 Å². The normalized spacial score (nSPS) is 11.8. The molecule has 0 unspecified atom stereocenters. The fourth-order valence-corrected chi connectivity index (χ4v) is 4.42. The highest BCUT2D eigenvalue weighted by molar-refractivity contribution is 7.99. The highest BCUT2D eigenvalue weighted by Gasteiger charge is 2.35. The number of carbonyl (C=O) groups excluding carboxylic acids is 1. The highest BCUT2D eigenvalue weighted by Crippen LogP contribution is 2.41. The lowest BCUT2D eigenvalue weighted by Crippen LogP contribution is -2.13. The van der Waals surface area contributed by atoms with Gasteiger partial charge in [0.2, 0.25) is 5.95 Å². The zero-order chi connectivity index (χ0) is 25.7. The molecule has 0 atom stereocenters. The van der Waals surface area contributed by atoms with E-state index in [4.69, 9.17) is 14.2 Å². The molecule has 0 radical (unpaired) electrons. The van der Waals surface area contributed by atoms with Crippen LogP contribution in [0.3, 0.4) is 0 Å². The number of rotatable bonds is 10. The fourth-order valence-electron chi connectivity index (χ4n) is 3.41. The standard InChI is InChI=1S/C24H23F3N4O4S/c1-3-35-22(32)16-13-28-31(14-16)23-29-19-12-21(36-17-7-5-4-6-8-17)18(24(25,26)27)11-20(19)30(23)15-34-10-9-33-2/h4-8,11-14H,3,9-10,15H2,1-2H3. The van der Waals surface area contributed by atoms with Crippen LogP contribution >= 0.6 is 11.8 Å². The van der Waals surface area contributed by atoms with Crippen LogP contribution in [0.5, 0.6) is 0 Å². The fraction of sp³-hybridized carbons (Fsp3) is 0.292. The molecule has 2 aromatic carbocycles. The molecule has 190 valence electrons. The van der Waals surface area contributed by atoms with E-state index in [0.717, 1.165) is 17.8 Å². The van der Waals surface area contributed by atoms with Gasteiger partial charge in [-0.1, -0.05) is 30.0 Å². The summed E-state index contributed by atoms with van der Waals surface area (Å²) in [5.74, 6) is -0.378. The predicted molar refractivity (Wildman–Crippen MR) is 126 cm³/mol. The number of methoxy groups -OCH3 is 1. The monoisotopic (exact) mass is 520 g/mol. The van der Waals surface area contributed by atoms with Crippen molar-refractivity contribution < 1.29 is 32.2 Å². The van der Waals surface area contributed by atoms with Gasteiger partial charge in [-0.25, -0.2) is 14.5 Å². The Morgan fingerprint density at radius 3 is 2.61 bits per heavy atom. The van der Waals surface area contributed by atoms with Gasteiger partial charge in [0.05, 0.1) is 48.2 Å². The molecular formula is C24H23F3N4O4S. The summed E-state index contributed by atoms with van der Waals surface area (Å²) in [5, 5.41) is 4.18. The van der Waals surface area contributed by atoms with Crippen molar-refractivity contribution in [1.82, 2.24) is 19.3 Å². The second-order valence-corrected chi connectivity index (χ2v) is 8.63. The van der Waals surface area contributed by atoms with Crippen LogP contribution in [-0.2, 0) is 27.1 Å². The number of fused-ring (bicyclic) bond motifs is 1. The van der Waals surface area contributed by atoms with Gasteiger partial charge in [-0.2, -0.15) is 18.3 Å². The van der Waals surface area contributed by atoms with Gasteiger partial charge in [-0.05, 0) is 31.2 Å². The van der Waals surface area contributed by atoms with Gasteiger partial charge < -0.3 is 14.2 Å². The molecule has 2 heterocycles. The zero-order valence-corrected chi connectivity index (χ0v) is 20.3. The minimum Gasteiger partial charge on any atom is -0.462 e. The minimum absolute atomic E-state index is 0.0189. The topological polar surface area (TPSA) is 80.4 Å². The summed E-state index contributed by atoms with van der Waals surface area (Å²) in [5.41, 5.74) is -0.0755. The molecule has 0 saturated carbocycles. The van der Waals surface area contributed by atoms with Crippen LogP contribution < -0.4 is 0 Å². The molecular weight excluding hydrogens is 497 g/mol. The van der Waals surface area contributed by atoms with Crippen molar-refractivity contribution in [2.24, 2.45) is 0 Å². The minimum atomic E-state index is -4.60. The number of alkyl halides is 3. The summed E-state index contributed by atoms with van der Waals surface area (Å²) in [7, 11) is 1.52. The second kappa shape index (κ2) is 11.1. The molecule has 0 spiro atoms. The Labute approximate surface area is 209 Å². The first-order valence-corrected chi connectivity index (χ1v) is 11.8. The number of benzene rings is 2. The van der Waals surface area contributed by atoms with Gasteiger partial charge in [0.15, 0.2) is 0 Å². The Morgan fingerprint density at radius 2 is 1.92 bits per heavy atom. The summed E-state index contributed by atoms with van der Waals surface area (Å²) < 4.78 is 60.7. The summed E-state index contributed by atoms with van der Waals surface area (Å²) in [4.78, 5) is 17.3. The highest BCUT2D eigenvalue weighted by atomic mass is 32.2. The number of esters is 1. The molecule has 36 heavy (non-hydrogen) atoms. The van der Waals surface area contributed by atoms with E-state index in [1.165, 1.54) is 34.8 Å². The second-order valence-electron chi connectivity index (χ2n) is 7.51. The smallest absolute Gasteiger partial charge is 0.417 e. The maximum absolute atomic E-state index is 14.1. The molecule has 0 aliphatic carbocycles. The van der Waals surface area contributed by atoms with E-state index in [1.54, 1.807) is 37.3 Å². The SMILES string of the molecule is CCOC(=O)c1cnn(-c2nc3cc(Sc4ccccc4)c(C(F)(F)F)cc3n2COCCOC)c1. The van der Waals surface area contributed by atoms with Crippen LogP contribution in [0.25, 0.3) is 17.0 Å². The van der Waals surface area contributed by atoms with Crippen molar-refractivity contribution in [3.63, 3.8) is 0 Å². The van der Waals surface area contributed by atoms with E-state index in [9.17, 15) is 18.0 Å². The van der Waals surface area contributed by atoms with E-state index in [-0.39, 0.29) is 41.9 Å². The largest absolute Gasteiger partial charge is 0.462 e. The van der Waals surface area contributed by atoms with Crippen molar-refractivity contribution in [3.8, 4) is 5.95 Å². The first-order valence-electron chi connectivity index (χ1n) is 10.9. The molecule has 0 bridgehead atoms. The van der Waals surface area contributed by atoms with Crippen LogP contribution in [0.4, 0.5) is 13.2 Å². The molecule has 0 amide bonds. The average Bonchev–Trinajstić information content (AvgIpc) is 3.46. The number of ether oxygens (including phenoxy) is 3. The number of aromatic nitrogens is 4. The third-order valence-electron chi connectivity index (χ3n) is 5.06. The third kappa shape index (κ3) is 5.72. The molecule has 0 saturated heterocycles. The summed E-state index contributed by atoms with van der Waals surface area (Å²) >= 11 is 1.00. The van der Waals surface area contributed by atoms with Crippen LogP contribution in [0, 0.1) is 0 Å². The number of hydrogen-bond donors (Lipinski definition) is 0. The summed E-state index contributed by atoms with van der Waals surface area (Å²) in [6, 6.07) is 11.3. The lowest BCUT2D eigenvalue weighted by atomic mass is 10.2. The summed E-state index contributed by atoms with van der Waals surface area (Å²) in [6.07, 6.45) is -1.87. The Kier molecular flexibility index (Phi) is 7.97. The van der Waals surface area contributed by atoms with E-state index in [0.29, 0.717) is 17.0 Å². The van der Waals surface area contributed by atoms with Gasteiger partial charge in [0.1, 0.15) is 6.73 Å². The van der Waals surface area contributed by atoms with Crippen molar-refractivity contribution in [3.05, 3.63) is 66.0 Å². The van der Waals surface area contributed by atoms with E-state index >= 15 is 0 Å². The number of halogens is 3.